The molecule has 11 nitrogen and oxygen atoms in total. The van der Waals surface area contributed by atoms with Crippen molar-refractivity contribution in [2.75, 3.05) is 37.7 Å². The lowest BCUT2D eigenvalue weighted by atomic mass is 10.2. The van der Waals surface area contributed by atoms with Gasteiger partial charge in [0.2, 0.25) is 0 Å². The molecule has 0 saturated carbocycles. The van der Waals surface area contributed by atoms with E-state index in [0.29, 0.717) is 38.5 Å². The summed E-state index contributed by atoms with van der Waals surface area (Å²) in [5.74, 6) is 0. The number of aromatic nitrogens is 2. The zero-order chi connectivity index (χ0) is 17.3. The van der Waals surface area contributed by atoms with Gasteiger partial charge in [0, 0.05) is 32.2 Å². The zero-order valence-electron chi connectivity index (χ0n) is 12.9. The molecule has 128 valence electrons. The Labute approximate surface area is 135 Å². The van der Waals surface area contributed by atoms with E-state index in [1.807, 2.05) is 4.90 Å². The van der Waals surface area contributed by atoms with Crippen molar-refractivity contribution in [2.24, 2.45) is 0 Å². The largest absolute Gasteiger partial charge is 0.450 e. The zero-order valence-corrected chi connectivity index (χ0v) is 12.9. The van der Waals surface area contributed by atoms with Gasteiger partial charge in [-0.25, -0.2) is 4.79 Å². The molecule has 1 aliphatic heterocycles. The first-order valence-corrected chi connectivity index (χ1v) is 7.36. The first-order chi connectivity index (χ1) is 11.5. The number of nitrogens with zero attached hydrogens (tertiary/aromatic N) is 5. The Morgan fingerprint density at radius 1 is 1.42 bits per heavy atom. The molecule has 11 heteroatoms. The van der Waals surface area contributed by atoms with Crippen LogP contribution in [-0.4, -0.2) is 53.9 Å². The molecule has 24 heavy (non-hydrogen) atoms. The summed E-state index contributed by atoms with van der Waals surface area (Å²) in [5, 5.41) is 26.3. The maximum Gasteiger partial charge on any atom is 0.409 e. The molecule has 1 aromatic carbocycles. The Morgan fingerprint density at radius 2 is 2.12 bits per heavy atom. The number of rotatable bonds is 3. The lowest BCUT2D eigenvalue weighted by Gasteiger charge is -2.35. The SMILES string of the molecule is CCOC(=O)N1CCN(c2ccc([N+](=O)[O-])c3no[n+]([O-])c23)CC1. The van der Waals surface area contributed by atoms with E-state index in [9.17, 15) is 20.1 Å². The van der Waals surface area contributed by atoms with Gasteiger partial charge in [-0.2, -0.15) is 0 Å². The summed E-state index contributed by atoms with van der Waals surface area (Å²) >= 11 is 0. The fraction of sp³-hybridized carbons (Fsp3) is 0.462. The summed E-state index contributed by atoms with van der Waals surface area (Å²) in [4.78, 5) is 25.7. The highest BCUT2D eigenvalue weighted by Gasteiger charge is 2.30. The number of amides is 1. The predicted octanol–water partition coefficient (Wildman–Crippen LogP) is 0.648. The maximum atomic E-state index is 11.8. The second-order valence-electron chi connectivity index (χ2n) is 5.16. The summed E-state index contributed by atoms with van der Waals surface area (Å²) in [6.07, 6.45) is -0.380. The van der Waals surface area contributed by atoms with Crippen LogP contribution in [0.3, 0.4) is 0 Å². The molecule has 0 N–H and O–H groups in total. The third kappa shape index (κ3) is 2.64. The van der Waals surface area contributed by atoms with Gasteiger partial charge >= 0.3 is 17.3 Å². The van der Waals surface area contributed by atoms with Crippen LogP contribution in [-0.2, 0) is 4.74 Å². The van der Waals surface area contributed by atoms with Crippen molar-refractivity contribution in [1.29, 1.82) is 0 Å². The third-order valence-electron chi connectivity index (χ3n) is 3.84. The van der Waals surface area contributed by atoms with Gasteiger partial charge < -0.3 is 19.7 Å². The summed E-state index contributed by atoms with van der Waals surface area (Å²) in [5.41, 5.74) is 0.0988. The monoisotopic (exact) mass is 337 g/mol. The van der Waals surface area contributed by atoms with E-state index in [-0.39, 0.29) is 27.7 Å². The molecule has 3 rings (SSSR count). The fourth-order valence-electron chi connectivity index (χ4n) is 2.69. The lowest BCUT2D eigenvalue weighted by Crippen LogP contribution is -2.49. The van der Waals surface area contributed by atoms with Crippen molar-refractivity contribution in [3.8, 4) is 0 Å². The Hall–Kier alpha value is -3.11. The van der Waals surface area contributed by atoms with E-state index < -0.39 is 4.92 Å². The summed E-state index contributed by atoms with van der Waals surface area (Å²) in [6, 6.07) is 2.78. The minimum atomic E-state index is -0.618. The molecule has 0 spiro atoms. The topological polar surface area (TPSA) is 129 Å². The summed E-state index contributed by atoms with van der Waals surface area (Å²) in [6.45, 7) is 3.79. The van der Waals surface area contributed by atoms with Crippen LogP contribution in [0.1, 0.15) is 6.92 Å². The smallest absolute Gasteiger partial charge is 0.409 e. The number of carbonyl (C=O) groups is 1. The molecule has 1 amide bonds. The van der Waals surface area contributed by atoms with Crippen LogP contribution in [0.15, 0.2) is 16.8 Å². The van der Waals surface area contributed by atoms with Gasteiger partial charge in [-0.3, -0.25) is 14.7 Å². The molecule has 2 aromatic rings. The van der Waals surface area contributed by atoms with Crippen molar-refractivity contribution in [3.63, 3.8) is 0 Å². The second-order valence-corrected chi connectivity index (χ2v) is 5.16. The normalized spacial score (nSPS) is 14.9. The van der Waals surface area contributed by atoms with Crippen molar-refractivity contribution in [2.45, 2.75) is 6.92 Å². The Kier molecular flexibility index (Phi) is 4.06. The highest BCUT2D eigenvalue weighted by Crippen LogP contribution is 2.30. The van der Waals surface area contributed by atoms with Gasteiger partial charge in [0.15, 0.2) is 0 Å². The predicted molar refractivity (Wildman–Crippen MR) is 80.4 cm³/mol. The van der Waals surface area contributed by atoms with Gasteiger partial charge in [0.1, 0.15) is 0 Å². The average molecular weight is 337 g/mol. The van der Waals surface area contributed by atoms with Crippen LogP contribution in [0.25, 0.3) is 11.0 Å². The molecular weight excluding hydrogens is 322 g/mol. The molecule has 0 aliphatic carbocycles. The highest BCUT2D eigenvalue weighted by molar-refractivity contribution is 5.91. The second kappa shape index (κ2) is 6.18. The number of ether oxygens (including phenoxy) is 1. The van der Waals surface area contributed by atoms with Crippen LogP contribution in [0.5, 0.6) is 0 Å². The Bertz CT molecular complexity index is 782. The number of hydrogen-bond acceptors (Lipinski definition) is 8. The van der Waals surface area contributed by atoms with Crippen molar-refractivity contribution in [3.05, 3.63) is 27.5 Å². The minimum absolute atomic E-state index is 0.00813. The standard InChI is InChI=1S/C13H15N5O6/c1-2-23-13(19)16-7-5-15(6-8-16)10-4-3-9(17(20)21)11-12(10)18(22)24-14-11/h3-4H,2,5-8H2,1H3. The number of benzene rings is 1. The molecule has 2 heterocycles. The number of carbonyl (C=O) groups excluding carboxylic acids is 1. The van der Waals surface area contributed by atoms with Crippen LogP contribution in [0.4, 0.5) is 16.2 Å². The summed E-state index contributed by atoms with van der Waals surface area (Å²) in [7, 11) is 0. The lowest BCUT2D eigenvalue weighted by molar-refractivity contribution is -0.782. The van der Waals surface area contributed by atoms with E-state index in [1.54, 1.807) is 11.8 Å². The number of nitro benzene ring substituents is 1. The van der Waals surface area contributed by atoms with Gasteiger partial charge in [0.25, 0.3) is 5.52 Å². The molecule has 1 aromatic heterocycles. The molecule has 1 fully saturated rings. The maximum absolute atomic E-state index is 11.8. The van der Waals surface area contributed by atoms with E-state index in [1.165, 1.54) is 12.1 Å². The van der Waals surface area contributed by atoms with Gasteiger partial charge in [0.05, 0.1) is 22.4 Å². The number of piperazine rings is 1. The quantitative estimate of drug-likeness (QED) is 0.453. The minimum Gasteiger partial charge on any atom is -0.450 e. The number of anilines is 1. The first-order valence-electron chi connectivity index (χ1n) is 7.36. The molecular formula is C13H15N5O6. The molecule has 0 unspecified atom stereocenters. The third-order valence-corrected chi connectivity index (χ3v) is 3.84. The number of nitro groups is 1. The molecule has 1 aliphatic rings. The Balaban J connectivity index is 1.86. The van der Waals surface area contributed by atoms with E-state index in [0.717, 1.165) is 0 Å². The summed E-state index contributed by atoms with van der Waals surface area (Å²) < 4.78 is 9.48. The van der Waals surface area contributed by atoms with Crippen molar-refractivity contribution >= 4 is 28.5 Å². The van der Waals surface area contributed by atoms with Crippen LogP contribution >= 0.6 is 0 Å². The van der Waals surface area contributed by atoms with E-state index in [4.69, 9.17) is 4.74 Å². The van der Waals surface area contributed by atoms with Gasteiger partial charge in [-0.05, 0) is 17.9 Å². The number of non-ortho nitro benzene ring substituents is 1. The Morgan fingerprint density at radius 3 is 2.75 bits per heavy atom. The van der Waals surface area contributed by atoms with Gasteiger partial charge in [-0.1, -0.05) is 0 Å². The molecule has 0 bridgehead atoms. The highest BCUT2D eigenvalue weighted by atomic mass is 16.8. The van der Waals surface area contributed by atoms with Crippen LogP contribution < -0.4 is 9.80 Å². The van der Waals surface area contributed by atoms with E-state index in [2.05, 4.69) is 9.79 Å². The average Bonchev–Trinajstić information content (AvgIpc) is 2.96. The van der Waals surface area contributed by atoms with Gasteiger partial charge in [-0.15, -0.1) is 0 Å². The van der Waals surface area contributed by atoms with Crippen molar-refractivity contribution < 1.29 is 24.0 Å². The molecule has 1 saturated heterocycles. The fourth-order valence-corrected chi connectivity index (χ4v) is 2.69. The van der Waals surface area contributed by atoms with Crippen LogP contribution in [0, 0.1) is 15.3 Å². The number of fused-ring (bicyclic) bond motifs is 1. The number of hydrogen-bond donors (Lipinski definition) is 0. The van der Waals surface area contributed by atoms with Crippen LogP contribution in [0.2, 0.25) is 0 Å². The molecule has 0 atom stereocenters. The van der Waals surface area contributed by atoms with Crippen molar-refractivity contribution in [1.82, 2.24) is 10.1 Å². The molecule has 0 radical (unpaired) electrons. The first kappa shape index (κ1) is 15.8. The van der Waals surface area contributed by atoms with E-state index >= 15 is 0 Å².